The number of unbranched alkanes of at least 4 members (excludes halogenated alkanes) is 1. The van der Waals surface area contributed by atoms with Crippen LogP contribution in [0.15, 0.2) is 37.2 Å². The predicted octanol–water partition coefficient (Wildman–Crippen LogP) is 7.96. The van der Waals surface area contributed by atoms with Crippen molar-refractivity contribution in [3.05, 3.63) is 71.1 Å². The molecule has 0 N–H and O–H groups in total. The van der Waals surface area contributed by atoms with Crippen molar-refractivity contribution in [1.82, 2.24) is 30.1 Å². The van der Waals surface area contributed by atoms with E-state index in [1.54, 1.807) is 6.33 Å². The minimum absolute atomic E-state index is 0.0286. The quantitative estimate of drug-likeness (QED) is 0.224. The minimum atomic E-state index is 0.0286. The highest BCUT2D eigenvalue weighted by Gasteiger charge is 2.49. The molecule has 3 aromatic rings. The van der Waals surface area contributed by atoms with Crippen LogP contribution in [0.3, 0.4) is 0 Å². The number of fused-ring (bicyclic) bond motifs is 2. The molecule has 0 bridgehead atoms. The summed E-state index contributed by atoms with van der Waals surface area (Å²) in [5.74, 6) is 1.13. The van der Waals surface area contributed by atoms with Gasteiger partial charge in [0.05, 0.1) is 22.8 Å². The van der Waals surface area contributed by atoms with Gasteiger partial charge in [0.15, 0.2) is 0 Å². The third-order valence-electron chi connectivity index (χ3n) is 10.6. The van der Waals surface area contributed by atoms with E-state index >= 15 is 0 Å². The lowest BCUT2D eigenvalue weighted by Crippen LogP contribution is -2.26. The second-order valence-corrected chi connectivity index (χ2v) is 14.9. The largest absolute Gasteiger partial charge is 0.258 e. The Kier molecular flexibility index (Phi) is 8.08. The van der Waals surface area contributed by atoms with Crippen molar-refractivity contribution in [3.63, 3.8) is 0 Å². The standard InChI is InChI=1S/C35H50N6/c1-9-28-31(38-19-18-37-28)32(3,4)14-10-11-15-34(7)22-35(8,30-27(34)21-36-23-39-30)16-12-24(2)26-20-33(5,6)29-25(26)13-17-40-41-29/h13,17-19,21,23-24,26H,9-12,14-16,20,22H2,1-8H3/t24-,26?,34-,35-/m0/s1. The van der Waals surface area contributed by atoms with Crippen LogP contribution in [0.4, 0.5) is 0 Å². The zero-order valence-electron chi connectivity index (χ0n) is 26.7. The zero-order chi connectivity index (χ0) is 29.5. The molecule has 0 fully saturated rings. The maximum Gasteiger partial charge on any atom is 0.115 e. The smallest absolute Gasteiger partial charge is 0.115 e. The Morgan fingerprint density at radius 2 is 1.73 bits per heavy atom. The van der Waals surface area contributed by atoms with Gasteiger partial charge in [-0.05, 0) is 79.4 Å². The summed E-state index contributed by atoms with van der Waals surface area (Å²) in [5.41, 5.74) is 7.87. The van der Waals surface area contributed by atoms with Gasteiger partial charge in [0, 0.05) is 41.0 Å². The molecule has 0 spiro atoms. The molecule has 41 heavy (non-hydrogen) atoms. The first-order valence-electron chi connectivity index (χ1n) is 15.8. The van der Waals surface area contributed by atoms with Gasteiger partial charge in [-0.1, -0.05) is 68.2 Å². The van der Waals surface area contributed by atoms with E-state index in [0.29, 0.717) is 11.8 Å². The van der Waals surface area contributed by atoms with E-state index in [2.05, 4.69) is 87.8 Å². The maximum absolute atomic E-state index is 4.92. The van der Waals surface area contributed by atoms with Crippen molar-refractivity contribution in [2.75, 3.05) is 0 Å². The van der Waals surface area contributed by atoms with Crippen LogP contribution in [0.1, 0.15) is 147 Å². The van der Waals surface area contributed by atoms with E-state index in [1.165, 1.54) is 48.2 Å². The number of hydrogen-bond acceptors (Lipinski definition) is 6. The molecule has 3 aromatic heterocycles. The monoisotopic (exact) mass is 554 g/mol. The summed E-state index contributed by atoms with van der Waals surface area (Å²) in [5, 5.41) is 8.75. The highest BCUT2D eigenvalue weighted by Crippen LogP contribution is 2.54. The van der Waals surface area contributed by atoms with Crippen molar-refractivity contribution in [1.29, 1.82) is 0 Å². The van der Waals surface area contributed by atoms with Crippen molar-refractivity contribution >= 4 is 0 Å². The molecule has 1 unspecified atom stereocenters. The molecule has 0 radical (unpaired) electrons. The van der Waals surface area contributed by atoms with E-state index < -0.39 is 0 Å². The van der Waals surface area contributed by atoms with E-state index in [-0.39, 0.29) is 21.7 Å². The normalized spacial score (nSPS) is 25.6. The number of nitrogens with zero attached hydrogens (tertiary/aromatic N) is 6. The van der Waals surface area contributed by atoms with Gasteiger partial charge in [-0.2, -0.15) is 10.2 Å². The lowest BCUT2D eigenvalue weighted by atomic mass is 9.72. The summed E-state index contributed by atoms with van der Waals surface area (Å²) in [6.07, 6.45) is 19.6. The Labute approximate surface area is 247 Å². The third kappa shape index (κ3) is 5.68. The molecule has 3 heterocycles. The maximum atomic E-state index is 4.92. The molecule has 220 valence electrons. The lowest BCUT2D eigenvalue weighted by Gasteiger charge is -2.32. The molecule has 0 saturated carbocycles. The van der Waals surface area contributed by atoms with Gasteiger partial charge in [-0.3, -0.25) is 9.97 Å². The van der Waals surface area contributed by atoms with Gasteiger partial charge in [-0.15, -0.1) is 0 Å². The summed E-state index contributed by atoms with van der Waals surface area (Å²) < 4.78 is 0. The molecule has 5 rings (SSSR count). The second-order valence-electron chi connectivity index (χ2n) is 14.9. The number of hydrogen-bond donors (Lipinski definition) is 0. The molecule has 6 nitrogen and oxygen atoms in total. The molecule has 2 aliphatic carbocycles. The Hall–Kier alpha value is -2.76. The molecule has 0 aliphatic heterocycles. The summed E-state index contributed by atoms with van der Waals surface area (Å²) in [7, 11) is 0. The van der Waals surface area contributed by atoms with Gasteiger partial charge in [0.1, 0.15) is 6.33 Å². The Balaban J connectivity index is 1.24. The molecule has 0 aromatic carbocycles. The van der Waals surface area contributed by atoms with Crippen LogP contribution in [0.5, 0.6) is 0 Å². The first kappa shape index (κ1) is 29.7. The molecule has 6 heteroatoms. The SMILES string of the molecule is CCc1nccnc1C(C)(C)CCCC[C@@]1(C)C[C@](C)(CC[C@H](C)C2CC(C)(C)c3nnccc32)c2ncncc21. The van der Waals surface area contributed by atoms with Crippen LogP contribution in [0.25, 0.3) is 0 Å². The highest BCUT2D eigenvalue weighted by atomic mass is 15.1. The molecular formula is C35H50N6. The van der Waals surface area contributed by atoms with Crippen molar-refractivity contribution in [2.45, 2.75) is 141 Å². The summed E-state index contributed by atoms with van der Waals surface area (Å²) in [6.45, 7) is 18.8. The van der Waals surface area contributed by atoms with Crippen molar-refractivity contribution in [3.8, 4) is 0 Å². The Morgan fingerprint density at radius 1 is 0.951 bits per heavy atom. The molecule has 4 atom stereocenters. The van der Waals surface area contributed by atoms with E-state index in [9.17, 15) is 0 Å². The van der Waals surface area contributed by atoms with E-state index in [1.807, 2.05) is 18.6 Å². The summed E-state index contributed by atoms with van der Waals surface area (Å²) in [6, 6.07) is 2.21. The average Bonchev–Trinajstić information content (AvgIpc) is 3.37. The zero-order valence-corrected chi connectivity index (χ0v) is 26.7. The van der Waals surface area contributed by atoms with Gasteiger partial charge in [0.2, 0.25) is 0 Å². The fraction of sp³-hybridized carbons (Fsp3) is 0.657. The first-order valence-corrected chi connectivity index (χ1v) is 15.8. The van der Waals surface area contributed by atoms with Crippen LogP contribution < -0.4 is 0 Å². The fourth-order valence-electron chi connectivity index (χ4n) is 8.29. The predicted molar refractivity (Wildman–Crippen MR) is 165 cm³/mol. The third-order valence-corrected chi connectivity index (χ3v) is 10.6. The van der Waals surface area contributed by atoms with Crippen molar-refractivity contribution in [2.24, 2.45) is 5.92 Å². The molecule has 0 saturated heterocycles. The molecule has 2 aliphatic rings. The number of aromatic nitrogens is 6. The van der Waals surface area contributed by atoms with Gasteiger partial charge in [0.25, 0.3) is 0 Å². The first-order chi connectivity index (χ1) is 19.4. The van der Waals surface area contributed by atoms with E-state index in [0.717, 1.165) is 43.5 Å². The summed E-state index contributed by atoms with van der Waals surface area (Å²) in [4.78, 5) is 18.8. The van der Waals surface area contributed by atoms with Gasteiger partial charge in [-0.25, -0.2) is 9.97 Å². The van der Waals surface area contributed by atoms with Crippen molar-refractivity contribution < 1.29 is 0 Å². The van der Waals surface area contributed by atoms with Gasteiger partial charge >= 0.3 is 0 Å². The Bertz CT molecular complexity index is 1370. The topological polar surface area (TPSA) is 77.3 Å². The van der Waals surface area contributed by atoms with Crippen LogP contribution in [-0.4, -0.2) is 30.1 Å². The highest BCUT2D eigenvalue weighted by molar-refractivity contribution is 5.40. The average molecular weight is 555 g/mol. The van der Waals surface area contributed by atoms with Crippen LogP contribution >= 0.6 is 0 Å². The molecule has 0 amide bonds. The van der Waals surface area contributed by atoms with Crippen LogP contribution in [0.2, 0.25) is 0 Å². The van der Waals surface area contributed by atoms with E-state index in [4.69, 9.17) is 9.97 Å². The van der Waals surface area contributed by atoms with Crippen LogP contribution in [0, 0.1) is 5.92 Å². The number of aryl methyl sites for hydroxylation is 1. The fourth-order valence-corrected chi connectivity index (χ4v) is 8.29. The minimum Gasteiger partial charge on any atom is -0.258 e. The Morgan fingerprint density at radius 3 is 2.51 bits per heavy atom. The lowest BCUT2D eigenvalue weighted by molar-refractivity contribution is 0.276. The number of rotatable bonds is 11. The second kappa shape index (κ2) is 11.1. The van der Waals surface area contributed by atoms with Crippen LogP contribution in [-0.2, 0) is 28.1 Å². The molecular weight excluding hydrogens is 504 g/mol. The van der Waals surface area contributed by atoms with Gasteiger partial charge < -0.3 is 0 Å². The summed E-state index contributed by atoms with van der Waals surface area (Å²) >= 11 is 0.